The standard InChI is InChI=1S/C52H62N8O12S4/c1-25(2)69-29-17-18-30(70-26(3)4)38-37(29)45-53-46(38)56-50-43(75-23-11-15-35(65)66)44(76-24-12-16-36(67)68)52(60-50)58-48-40-32(72-28(7)8)20-19-31(71-27(5)6)39(40)47(54-48)57-51-42(74-22-10-14-34(63)64)41(49(55-45)59-51)73-21-9-13-33(61)62/h17-20,25-28H,9-16,21-24H2,1-8H3,(H,61,62)(H,63,64)(H,65,66)(H,67,68)(H2,53,54,55,56,57,58,59,60). The van der Waals surface area contributed by atoms with E-state index in [1.165, 1.54) is 47.0 Å². The number of aromatic amines is 2. The van der Waals surface area contributed by atoms with Crippen molar-refractivity contribution in [2.75, 3.05) is 23.0 Å². The zero-order valence-electron chi connectivity index (χ0n) is 43.5. The highest BCUT2D eigenvalue weighted by Gasteiger charge is 2.34. The maximum Gasteiger partial charge on any atom is 0.303 e. The van der Waals surface area contributed by atoms with E-state index >= 15 is 0 Å². The SMILES string of the molecule is CC(C)Oc1ccc(OC(C)C)c2c1-c1nc3nc([nH]c4nc(nc5[nH]c(nc-2n1)c(SCCCC(=O)O)c5SCCCC(=O)O)-c1c(OC(C)C)ccc(OC(C)C)c1-4)C(SCCCC(=O)O)=C3SCCCC(=O)O. The normalized spacial score (nSPS) is 12.3. The molecule has 4 aromatic rings. The Bertz CT molecular complexity index is 2890. The van der Waals surface area contributed by atoms with Gasteiger partial charge in [0.15, 0.2) is 23.3 Å². The molecule has 76 heavy (non-hydrogen) atoms. The summed E-state index contributed by atoms with van der Waals surface area (Å²) in [5.41, 5.74) is 2.62. The summed E-state index contributed by atoms with van der Waals surface area (Å²) in [6.07, 6.45) is -0.145. The number of H-pyrrole nitrogens is 2. The average molecular weight is 1120 g/mol. The van der Waals surface area contributed by atoms with Gasteiger partial charge in [-0.2, -0.15) is 0 Å². The van der Waals surface area contributed by atoms with Crippen LogP contribution in [0.25, 0.3) is 66.7 Å². The second kappa shape index (κ2) is 26.2. The van der Waals surface area contributed by atoms with E-state index in [0.717, 1.165) is 0 Å². The molecule has 0 aliphatic carbocycles. The first-order valence-electron chi connectivity index (χ1n) is 25.0. The molecule has 0 atom stereocenters. The minimum atomic E-state index is -0.939. The number of rotatable bonds is 28. The van der Waals surface area contributed by atoms with Crippen LogP contribution in [-0.2, 0) is 19.2 Å². The Morgan fingerprint density at radius 1 is 0.421 bits per heavy atom. The van der Waals surface area contributed by atoms with Crippen LogP contribution in [0.3, 0.4) is 0 Å². The number of ether oxygens (including phenoxy) is 4. The van der Waals surface area contributed by atoms with Crippen molar-refractivity contribution in [1.82, 2.24) is 39.9 Å². The van der Waals surface area contributed by atoms with Crippen LogP contribution in [0.4, 0.5) is 0 Å². The van der Waals surface area contributed by atoms with Crippen LogP contribution in [0.2, 0.25) is 0 Å². The number of thioether (sulfide) groups is 4. The fraction of sp³-hybridized carbons (Fsp3) is 0.462. The zero-order chi connectivity index (χ0) is 54.8. The predicted octanol–water partition coefficient (Wildman–Crippen LogP) is 11.4. The minimum absolute atomic E-state index is 0.0738. The molecular formula is C52H62N8O12S4. The maximum absolute atomic E-state index is 11.8. The number of hydrogen-bond donors (Lipinski definition) is 6. The number of nitrogens with zero attached hydrogens (tertiary/aromatic N) is 6. The van der Waals surface area contributed by atoms with Crippen molar-refractivity contribution in [2.45, 2.75) is 141 Å². The highest BCUT2D eigenvalue weighted by Crippen LogP contribution is 2.51. The van der Waals surface area contributed by atoms with Crippen LogP contribution in [-0.4, -0.2) is 132 Å². The Balaban J connectivity index is 1.67. The smallest absolute Gasteiger partial charge is 0.303 e. The molecule has 0 saturated carbocycles. The van der Waals surface area contributed by atoms with Crippen LogP contribution in [0.5, 0.6) is 23.0 Å². The third-order valence-electron chi connectivity index (χ3n) is 10.8. The zero-order valence-corrected chi connectivity index (χ0v) is 46.7. The lowest BCUT2D eigenvalue weighted by Crippen LogP contribution is -2.09. The van der Waals surface area contributed by atoms with Gasteiger partial charge in [-0.1, -0.05) is 0 Å². The second-order valence-corrected chi connectivity index (χ2v) is 23.0. The molecule has 2 aromatic carbocycles. The van der Waals surface area contributed by atoms with Gasteiger partial charge in [0.1, 0.15) is 45.9 Å². The van der Waals surface area contributed by atoms with Gasteiger partial charge in [-0.05, 0) is 128 Å². The van der Waals surface area contributed by atoms with E-state index in [1.54, 1.807) is 18.2 Å². The summed E-state index contributed by atoms with van der Waals surface area (Å²) >= 11 is 5.51. The Kier molecular flexibility index (Phi) is 19.8. The molecule has 3 aliphatic rings. The van der Waals surface area contributed by atoms with E-state index in [2.05, 4.69) is 9.97 Å². The van der Waals surface area contributed by atoms with Gasteiger partial charge in [-0.15, -0.1) is 47.0 Å². The third-order valence-corrected chi connectivity index (χ3v) is 15.7. The number of carbonyl (C=O) groups is 4. The largest absolute Gasteiger partial charge is 0.490 e. The van der Waals surface area contributed by atoms with Gasteiger partial charge < -0.3 is 49.3 Å². The minimum Gasteiger partial charge on any atom is -0.490 e. The van der Waals surface area contributed by atoms with E-state index in [9.17, 15) is 39.6 Å². The quantitative estimate of drug-likeness (QED) is 0.0196. The van der Waals surface area contributed by atoms with E-state index in [-0.39, 0.29) is 73.4 Å². The van der Waals surface area contributed by atoms with Crippen LogP contribution in [0.15, 0.2) is 34.1 Å². The number of aliphatic carboxylic acids is 4. The van der Waals surface area contributed by atoms with E-state index in [0.29, 0.717) is 136 Å². The summed E-state index contributed by atoms with van der Waals surface area (Å²) in [4.78, 5) is 87.8. The fourth-order valence-corrected chi connectivity index (χ4v) is 12.4. The number of nitrogens with one attached hydrogen (secondary N) is 2. The Morgan fingerprint density at radius 3 is 1.16 bits per heavy atom. The number of hydrogen-bond acceptors (Lipinski definition) is 18. The number of fused-ring (bicyclic) bond motifs is 14. The summed E-state index contributed by atoms with van der Waals surface area (Å²) < 4.78 is 25.9. The van der Waals surface area contributed by atoms with Crippen LogP contribution in [0, 0.1) is 0 Å². The number of benzene rings is 2. The molecule has 8 bridgehead atoms. The third kappa shape index (κ3) is 14.6. The monoisotopic (exact) mass is 1120 g/mol. The van der Waals surface area contributed by atoms with Gasteiger partial charge in [0.05, 0.1) is 66.3 Å². The van der Waals surface area contributed by atoms with Crippen LogP contribution in [0.1, 0.15) is 118 Å². The van der Waals surface area contributed by atoms with Crippen LogP contribution < -0.4 is 18.9 Å². The first kappa shape index (κ1) is 57.5. The summed E-state index contributed by atoms with van der Waals surface area (Å²) in [6.45, 7) is 15.2. The number of carboxylic acid groups (broad SMARTS) is 4. The highest BCUT2D eigenvalue weighted by atomic mass is 32.2. The molecule has 2 aromatic heterocycles. The molecule has 0 amide bonds. The summed E-state index contributed by atoms with van der Waals surface area (Å²) in [5, 5.41) is 38.5. The summed E-state index contributed by atoms with van der Waals surface area (Å²) in [6, 6.07) is 7.20. The molecule has 0 unspecified atom stereocenters. The molecule has 20 nitrogen and oxygen atoms in total. The van der Waals surface area contributed by atoms with E-state index in [1.807, 2.05) is 61.5 Å². The Hall–Kier alpha value is -6.24. The fourth-order valence-electron chi connectivity index (χ4n) is 7.92. The van der Waals surface area contributed by atoms with Crippen LogP contribution >= 0.6 is 47.0 Å². The summed E-state index contributed by atoms with van der Waals surface area (Å²) in [5.74, 6) is 0.976. The van der Waals surface area contributed by atoms with Gasteiger partial charge in [0.25, 0.3) is 0 Å². The number of aromatic nitrogens is 8. The lowest BCUT2D eigenvalue weighted by atomic mass is 10.1. The predicted molar refractivity (Wildman–Crippen MR) is 296 cm³/mol. The molecule has 6 N–H and O–H groups in total. The maximum atomic E-state index is 11.8. The van der Waals surface area contributed by atoms with Gasteiger partial charge in [0.2, 0.25) is 0 Å². The number of carboxylic acids is 4. The molecule has 0 spiro atoms. The molecular weight excluding hydrogens is 1060 g/mol. The van der Waals surface area contributed by atoms with Crippen molar-refractivity contribution >= 4 is 92.0 Å². The molecule has 0 radical (unpaired) electrons. The average Bonchev–Trinajstić information content (AvgIpc) is 4.07. The molecule has 3 aliphatic heterocycles. The summed E-state index contributed by atoms with van der Waals surface area (Å²) in [7, 11) is 0. The van der Waals surface area contributed by atoms with Gasteiger partial charge >= 0.3 is 23.9 Å². The van der Waals surface area contributed by atoms with E-state index in [4.69, 9.17) is 48.9 Å². The van der Waals surface area contributed by atoms with Crippen molar-refractivity contribution in [3.8, 4) is 68.5 Å². The molecule has 5 heterocycles. The lowest BCUT2D eigenvalue weighted by Gasteiger charge is -2.18. The first-order chi connectivity index (χ1) is 36.3. The first-order valence-corrected chi connectivity index (χ1v) is 28.9. The Labute approximate surface area is 456 Å². The van der Waals surface area contributed by atoms with Crippen molar-refractivity contribution in [1.29, 1.82) is 0 Å². The van der Waals surface area contributed by atoms with Crippen molar-refractivity contribution < 1.29 is 58.6 Å². The van der Waals surface area contributed by atoms with Crippen molar-refractivity contribution in [3.05, 3.63) is 35.9 Å². The highest BCUT2D eigenvalue weighted by molar-refractivity contribution is 8.13. The van der Waals surface area contributed by atoms with Crippen molar-refractivity contribution in [2.24, 2.45) is 0 Å². The van der Waals surface area contributed by atoms with Gasteiger partial charge in [-0.25, -0.2) is 29.9 Å². The topological polar surface area (TPSA) is 295 Å². The molecule has 0 saturated heterocycles. The van der Waals surface area contributed by atoms with Crippen molar-refractivity contribution in [3.63, 3.8) is 0 Å². The Morgan fingerprint density at radius 2 is 0.750 bits per heavy atom. The molecule has 406 valence electrons. The molecule has 0 fully saturated rings. The van der Waals surface area contributed by atoms with Gasteiger partial charge in [0, 0.05) is 25.7 Å². The lowest BCUT2D eigenvalue weighted by molar-refractivity contribution is -0.138. The molecule has 24 heteroatoms. The second-order valence-electron chi connectivity index (χ2n) is 18.6. The molecule has 7 rings (SSSR count). The van der Waals surface area contributed by atoms with E-state index < -0.39 is 23.9 Å². The van der Waals surface area contributed by atoms with Gasteiger partial charge in [-0.3, -0.25) is 19.2 Å².